The summed E-state index contributed by atoms with van der Waals surface area (Å²) in [7, 11) is 0. The molecule has 0 bridgehead atoms. The van der Waals surface area contributed by atoms with Gasteiger partial charge in [-0.3, -0.25) is 4.79 Å². The predicted octanol–water partition coefficient (Wildman–Crippen LogP) is 5.33. The average Bonchev–Trinajstić information content (AvgIpc) is 2.58. The van der Waals surface area contributed by atoms with Crippen LogP contribution in [0.5, 0.6) is 0 Å². The maximum atomic E-state index is 11.4. The third-order valence-electron chi connectivity index (χ3n) is 4.11. The van der Waals surface area contributed by atoms with E-state index >= 15 is 0 Å². The Hall–Kier alpha value is -2.09. The molecule has 2 aromatic carbocycles. The number of carbonyl (C=O) groups is 1. The summed E-state index contributed by atoms with van der Waals surface area (Å²) in [6.45, 7) is 3.66. The molecule has 2 heteroatoms. The molecule has 0 spiro atoms. The Bertz CT molecular complexity index is 538. The summed E-state index contributed by atoms with van der Waals surface area (Å²) in [6, 6.07) is 21.0. The van der Waals surface area contributed by atoms with Crippen LogP contribution in [-0.4, -0.2) is 12.1 Å². The van der Waals surface area contributed by atoms with Gasteiger partial charge >= 0.3 is 5.97 Å². The van der Waals surface area contributed by atoms with Crippen LogP contribution in [0.2, 0.25) is 0 Å². The van der Waals surface area contributed by atoms with Crippen molar-refractivity contribution in [3.8, 4) is 0 Å². The number of esters is 1. The average molecular weight is 310 g/mol. The molecule has 0 N–H and O–H groups in total. The number of unbranched alkanes of at least 4 members (excludes halogenated alkanes) is 1. The summed E-state index contributed by atoms with van der Waals surface area (Å²) in [6.07, 6.45) is 3.91. The number of ether oxygens (including phenoxy) is 1. The molecule has 1 unspecified atom stereocenters. The van der Waals surface area contributed by atoms with E-state index in [1.165, 1.54) is 18.1 Å². The van der Waals surface area contributed by atoms with Crippen molar-refractivity contribution in [2.75, 3.05) is 0 Å². The summed E-state index contributed by atoms with van der Waals surface area (Å²) in [5.41, 5.74) is 2.54. The van der Waals surface area contributed by atoms with Crippen LogP contribution in [0.3, 0.4) is 0 Å². The van der Waals surface area contributed by atoms with E-state index in [0.29, 0.717) is 0 Å². The lowest BCUT2D eigenvalue weighted by molar-refractivity contribution is -0.147. The Labute approximate surface area is 139 Å². The summed E-state index contributed by atoms with van der Waals surface area (Å²) in [5.74, 6) is 0.0598. The Morgan fingerprint density at radius 3 is 1.91 bits per heavy atom. The molecule has 0 heterocycles. The lowest BCUT2D eigenvalue weighted by Gasteiger charge is -2.24. The molecule has 0 aromatic heterocycles. The Kier molecular flexibility index (Phi) is 6.86. The van der Waals surface area contributed by atoms with Crippen LogP contribution in [-0.2, 0) is 9.53 Å². The summed E-state index contributed by atoms with van der Waals surface area (Å²) < 4.78 is 5.59. The first kappa shape index (κ1) is 17.3. The summed E-state index contributed by atoms with van der Waals surface area (Å²) in [4.78, 5) is 11.4. The molecule has 2 aromatic rings. The van der Waals surface area contributed by atoms with Gasteiger partial charge in [-0.05, 0) is 24.0 Å². The molecule has 0 radical (unpaired) electrons. The van der Waals surface area contributed by atoms with Gasteiger partial charge in [0, 0.05) is 12.8 Å². The number of benzene rings is 2. The van der Waals surface area contributed by atoms with E-state index in [1.54, 1.807) is 0 Å². The Balaban J connectivity index is 2.23. The first-order valence-electron chi connectivity index (χ1n) is 8.47. The highest BCUT2D eigenvalue weighted by atomic mass is 16.5. The molecular weight excluding hydrogens is 284 g/mol. The van der Waals surface area contributed by atoms with E-state index in [2.05, 4.69) is 55.5 Å². The van der Waals surface area contributed by atoms with Crippen molar-refractivity contribution in [3.63, 3.8) is 0 Å². The van der Waals surface area contributed by atoms with Crippen molar-refractivity contribution in [2.24, 2.45) is 0 Å². The van der Waals surface area contributed by atoms with Crippen molar-refractivity contribution < 1.29 is 9.53 Å². The van der Waals surface area contributed by atoms with Gasteiger partial charge in [-0.25, -0.2) is 0 Å². The quantitative estimate of drug-likeness (QED) is 0.616. The van der Waals surface area contributed by atoms with Gasteiger partial charge in [0.2, 0.25) is 0 Å². The predicted molar refractivity (Wildman–Crippen MR) is 94.4 cm³/mol. The second kappa shape index (κ2) is 9.14. The molecule has 0 aliphatic carbocycles. The van der Waals surface area contributed by atoms with Crippen molar-refractivity contribution in [3.05, 3.63) is 71.8 Å². The van der Waals surface area contributed by atoms with Crippen LogP contribution in [0.1, 0.15) is 56.6 Å². The summed E-state index contributed by atoms with van der Waals surface area (Å²) in [5, 5.41) is 0. The van der Waals surface area contributed by atoms with Crippen molar-refractivity contribution in [1.82, 2.24) is 0 Å². The SMILES string of the molecule is CCCCC(CC(c1ccccc1)c1ccccc1)OC(C)=O. The molecule has 0 fully saturated rings. The minimum Gasteiger partial charge on any atom is -0.463 e. The fourth-order valence-electron chi connectivity index (χ4n) is 2.99. The van der Waals surface area contributed by atoms with Crippen molar-refractivity contribution in [2.45, 2.75) is 51.6 Å². The highest BCUT2D eigenvalue weighted by Gasteiger charge is 2.21. The molecule has 23 heavy (non-hydrogen) atoms. The topological polar surface area (TPSA) is 26.3 Å². The molecule has 2 nitrogen and oxygen atoms in total. The smallest absolute Gasteiger partial charge is 0.302 e. The minimum absolute atomic E-state index is 0.0298. The van der Waals surface area contributed by atoms with E-state index in [0.717, 1.165) is 25.7 Å². The second-order valence-electron chi connectivity index (χ2n) is 5.98. The lowest BCUT2D eigenvalue weighted by Crippen LogP contribution is -2.20. The van der Waals surface area contributed by atoms with E-state index in [1.807, 2.05) is 12.1 Å². The maximum absolute atomic E-state index is 11.4. The number of hydrogen-bond donors (Lipinski definition) is 0. The highest BCUT2D eigenvalue weighted by molar-refractivity contribution is 5.66. The van der Waals surface area contributed by atoms with Gasteiger partial charge in [-0.15, -0.1) is 0 Å². The van der Waals surface area contributed by atoms with Crippen molar-refractivity contribution in [1.29, 1.82) is 0 Å². The molecule has 1 atom stereocenters. The zero-order valence-corrected chi connectivity index (χ0v) is 14.1. The van der Waals surface area contributed by atoms with Crippen LogP contribution in [0.15, 0.2) is 60.7 Å². The fraction of sp³-hybridized carbons (Fsp3) is 0.381. The van der Waals surface area contributed by atoms with E-state index in [4.69, 9.17) is 4.74 Å². The number of rotatable bonds is 8. The normalized spacial score (nSPS) is 12.1. The molecule has 0 aliphatic heterocycles. The third kappa shape index (κ3) is 5.55. The van der Waals surface area contributed by atoms with E-state index in [9.17, 15) is 4.79 Å². The molecule has 0 saturated heterocycles. The Morgan fingerprint density at radius 1 is 0.957 bits per heavy atom. The highest BCUT2D eigenvalue weighted by Crippen LogP contribution is 2.31. The lowest BCUT2D eigenvalue weighted by atomic mass is 9.85. The monoisotopic (exact) mass is 310 g/mol. The molecule has 2 rings (SSSR count). The zero-order chi connectivity index (χ0) is 16.5. The fourth-order valence-corrected chi connectivity index (χ4v) is 2.99. The minimum atomic E-state index is -0.189. The number of carbonyl (C=O) groups excluding carboxylic acids is 1. The van der Waals surface area contributed by atoms with Gasteiger partial charge < -0.3 is 4.74 Å². The molecule has 0 amide bonds. The van der Waals surface area contributed by atoms with Crippen LogP contribution < -0.4 is 0 Å². The molecule has 122 valence electrons. The van der Waals surface area contributed by atoms with Crippen LogP contribution in [0, 0.1) is 0 Å². The third-order valence-corrected chi connectivity index (χ3v) is 4.11. The maximum Gasteiger partial charge on any atom is 0.302 e. The first-order chi connectivity index (χ1) is 11.2. The van der Waals surface area contributed by atoms with Crippen LogP contribution in [0.4, 0.5) is 0 Å². The second-order valence-corrected chi connectivity index (χ2v) is 5.98. The van der Waals surface area contributed by atoms with Gasteiger partial charge in [-0.2, -0.15) is 0 Å². The van der Waals surface area contributed by atoms with Crippen LogP contribution >= 0.6 is 0 Å². The molecular formula is C21H26O2. The van der Waals surface area contributed by atoms with Gasteiger partial charge in [0.25, 0.3) is 0 Å². The summed E-state index contributed by atoms with van der Waals surface area (Å²) >= 11 is 0. The van der Waals surface area contributed by atoms with E-state index in [-0.39, 0.29) is 18.0 Å². The van der Waals surface area contributed by atoms with Gasteiger partial charge in [-0.1, -0.05) is 80.4 Å². The van der Waals surface area contributed by atoms with Crippen LogP contribution in [0.25, 0.3) is 0 Å². The first-order valence-corrected chi connectivity index (χ1v) is 8.47. The standard InChI is InChI=1S/C21H26O2/c1-3-4-15-20(23-17(2)22)16-21(18-11-7-5-8-12-18)19-13-9-6-10-14-19/h5-14,20-21H,3-4,15-16H2,1-2H3. The van der Waals surface area contributed by atoms with Crippen molar-refractivity contribution >= 4 is 5.97 Å². The van der Waals surface area contributed by atoms with E-state index < -0.39 is 0 Å². The van der Waals surface area contributed by atoms with Gasteiger partial charge in [0.05, 0.1) is 0 Å². The zero-order valence-electron chi connectivity index (χ0n) is 14.1. The largest absolute Gasteiger partial charge is 0.463 e. The van der Waals surface area contributed by atoms with Gasteiger partial charge in [0.1, 0.15) is 6.10 Å². The number of hydrogen-bond acceptors (Lipinski definition) is 2. The van der Waals surface area contributed by atoms with Gasteiger partial charge in [0.15, 0.2) is 0 Å². The molecule has 0 saturated carbocycles. The molecule has 0 aliphatic rings. The Morgan fingerprint density at radius 2 is 1.48 bits per heavy atom.